The summed E-state index contributed by atoms with van der Waals surface area (Å²) in [5, 5.41) is 9.47. The number of benzene rings is 1. The molecule has 2 aromatic rings. The molecule has 3 nitrogen and oxygen atoms in total. The largest absolute Gasteiger partial charge is 0.508 e. The second-order valence-electron chi connectivity index (χ2n) is 3.31. The van der Waals surface area contributed by atoms with Crippen LogP contribution in [0.2, 0.25) is 0 Å². The second kappa shape index (κ2) is 4.00. The smallest absolute Gasteiger partial charge is 0.116 e. The Balaban J connectivity index is 2.60. The highest BCUT2D eigenvalue weighted by Crippen LogP contribution is 2.32. The van der Waals surface area contributed by atoms with Gasteiger partial charge in [0.1, 0.15) is 5.75 Å². The third-order valence-corrected chi connectivity index (χ3v) is 3.27. The summed E-state index contributed by atoms with van der Waals surface area (Å²) in [7, 11) is 0. The molecule has 0 spiro atoms. The molecule has 0 saturated carbocycles. The van der Waals surface area contributed by atoms with Gasteiger partial charge in [-0.05, 0) is 24.6 Å². The number of nitrogens with two attached hydrogens (primary N) is 1. The first-order valence-corrected chi connectivity index (χ1v) is 5.52. The summed E-state index contributed by atoms with van der Waals surface area (Å²) in [5.41, 5.74) is 10.4. The van der Waals surface area contributed by atoms with Crippen LogP contribution < -0.4 is 5.73 Å². The zero-order chi connectivity index (χ0) is 10.8. The topological polar surface area (TPSA) is 59.1 Å². The number of hydrogen-bond donors (Lipinski definition) is 2. The Kier molecular flexibility index (Phi) is 2.70. The van der Waals surface area contributed by atoms with Crippen LogP contribution in [0.1, 0.15) is 11.3 Å². The van der Waals surface area contributed by atoms with E-state index < -0.39 is 0 Å². The minimum atomic E-state index is 0.259. The lowest BCUT2D eigenvalue weighted by Gasteiger charge is -2.06. The van der Waals surface area contributed by atoms with Gasteiger partial charge in [0.05, 0.1) is 16.1 Å². The van der Waals surface area contributed by atoms with Crippen molar-refractivity contribution >= 4 is 11.3 Å². The van der Waals surface area contributed by atoms with Gasteiger partial charge in [0.2, 0.25) is 0 Å². The number of phenolic OH excluding ortho intramolecular Hbond substituents is 1. The van der Waals surface area contributed by atoms with Crippen LogP contribution in [-0.2, 0) is 6.54 Å². The van der Waals surface area contributed by atoms with Crippen LogP contribution in [0.15, 0.2) is 23.7 Å². The second-order valence-corrected chi connectivity index (χ2v) is 4.17. The van der Waals surface area contributed by atoms with Gasteiger partial charge in [-0.15, -0.1) is 11.3 Å². The summed E-state index contributed by atoms with van der Waals surface area (Å²) in [4.78, 5) is 5.27. The molecule has 1 heterocycles. The van der Waals surface area contributed by atoms with E-state index in [1.807, 2.05) is 13.0 Å². The molecule has 0 bridgehead atoms. The summed E-state index contributed by atoms with van der Waals surface area (Å²) in [5.74, 6) is 0.259. The van der Waals surface area contributed by atoms with Gasteiger partial charge in [0.15, 0.2) is 0 Å². The first kappa shape index (κ1) is 10.1. The van der Waals surface area contributed by atoms with E-state index >= 15 is 0 Å². The highest BCUT2D eigenvalue weighted by molar-refractivity contribution is 7.13. The monoisotopic (exact) mass is 220 g/mol. The van der Waals surface area contributed by atoms with Gasteiger partial charge >= 0.3 is 0 Å². The summed E-state index contributed by atoms with van der Waals surface area (Å²) in [6.07, 6.45) is 0. The normalized spacial score (nSPS) is 10.5. The Morgan fingerprint density at radius 1 is 1.47 bits per heavy atom. The first-order valence-electron chi connectivity index (χ1n) is 4.65. The molecule has 2 rings (SSSR count). The average molecular weight is 220 g/mol. The third kappa shape index (κ3) is 1.86. The quantitative estimate of drug-likeness (QED) is 0.816. The molecule has 0 aliphatic carbocycles. The van der Waals surface area contributed by atoms with Crippen molar-refractivity contribution < 1.29 is 5.11 Å². The molecule has 1 aromatic heterocycles. The number of rotatable bonds is 2. The number of aryl methyl sites for hydroxylation is 1. The highest BCUT2D eigenvalue weighted by atomic mass is 32.1. The van der Waals surface area contributed by atoms with Crippen molar-refractivity contribution in [2.75, 3.05) is 0 Å². The molecule has 0 fully saturated rings. The predicted octanol–water partition coefficient (Wildman–Crippen LogP) is 2.28. The number of hydrogen-bond acceptors (Lipinski definition) is 4. The van der Waals surface area contributed by atoms with Gasteiger partial charge in [-0.25, -0.2) is 4.98 Å². The van der Waals surface area contributed by atoms with Crippen LogP contribution in [0.4, 0.5) is 0 Å². The van der Waals surface area contributed by atoms with Gasteiger partial charge in [0.25, 0.3) is 0 Å². The Morgan fingerprint density at radius 3 is 2.87 bits per heavy atom. The lowest BCUT2D eigenvalue weighted by Crippen LogP contribution is -1.98. The summed E-state index contributed by atoms with van der Waals surface area (Å²) in [6.45, 7) is 2.42. The Labute approximate surface area is 92.2 Å². The number of aromatic nitrogens is 1. The highest BCUT2D eigenvalue weighted by Gasteiger charge is 2.09. The third-order valence-electron chi connectivity index (χ3n) is 2.30. The van der Waals surface area contributed by atoms with E-state index in [0.717, 1.165) is 21.7 Å². The molecule has 0 unspecified atom stereocenters. The van der Waals surface area contributed by atoms with Crippen LogP contribution in [0.25, 0.3) is 10.4 Å². The van der Waals surface area contributed by atoms with E-state index in [0.29, 0.717) is 6.54 Å². The molecule has 0 aliphatic heterocycles. The van der Waals surface area contributed by atoms with Crippen LogP contribution in [0, 0.1) is 6.92 Å². The number of phenols is 1. The van der Waals surface area contributed by atoms with Gasteiger partial charge in [-0.2, -0.15) is 0 Å². The molecule has 78 valence electrons. The van der Waals surface area contributed by atoms with E-state index in [1.54, 1.807) is 29.0 Å². The summed E-state index contributed by atoms with van der Waals surface area (Å²) in [6, 6.07) is 5.24. The molecule has 0 radical (unpaired) electrons. The van der Waals surface area contributed by atoms with Crippen LogP contribution in [-0.4, -0.2) is 10.1 Å². The fourth-order valence-corrected chi connectivity index (χ4v) is 2.37. The maximum absolute atomic E-state index is 9.47. The zero-order valence-electron chi connectivity index (χ0n) is 8.40. The fourth-order valence-electron chi connectivity index (χ4n) is 1.51. The molecule has 0 aliphatic rings. The van der Waals surface area contributed by atoms with Crippen LogP contribution in [0.5, 0.6) is 5.75 Å². The van der Waals surface area contributed by atoms with Crippen molar-refractivity contribution in [3.8, 4) is 16.2 Å². The molecular formula is C11H12N2OS. The SMILES string of the molecule is Cc1ncsc1-c1cc(O)ccc1CN. The minimum Gasteiger partial charge on any atom is -0.508 e. The van der Waals surface area contributed by atoms with Crippen molar-refractivity contribution in [2.45, 2.75) is 13.5 Å². The average Bonchev–Trinajstić information content (AvgIpc) is 2.64. The molecular weight excluding hydrogens is 208 g/mol. The number of thiazole rings is 1. The van der Waals surface area contributed by atoms with Crippen LogP contribution >= 0.6 is 11.3 Å². The lowest BCUT2D eigenvalue weighted by molar-refractivity contribution is 0.475. The van der Waals surface area contributed by atoms with Crippen LogP contribution in [0.3, 0.4) is 0 Å². The van der Waals surface area contributed by atoms with Crippen molar-refractivity contribution in [1.82, 2.24) is 4.98 Å². The lowest BCUT2D eigenvalue weighted by atomic mass is 10.0. The van der Waals surface area contributed by atoms with E-state index in [1.165, 1.54) is 0 Å². The van der Waals surface area contributed by atoms with Crippen molar-refractivity contribution in [3.05, 3.63) is 35.0 Å². The van der Waals surface area contributed by atoms with E-state index in [4.69, 9.17) is 5.73 Å². The maximum Gasteiger partial charge on any atom is 0.116 e. The minimum absolute atomic E-state index is 0.259. The molecule has 1 aromatic carbocycles. The summed E-state index contributed by atoms with van der Waals surface area (Å²) >= 11 is 1.56. The van der Waals surface area contributed by atoms with Gasteiger partial charge < -0.3 is 10.8 Å². The van der Waals surface area contributed by atoms with E-state index in [9.17, 15) is 5.11 Å². The Morgan fingerprint density at radius 2 is 2.27 bits per heavy atom. The van der Waals surface area contributed by atoms with E-state index in [2.05, 4.69) is 4.98 Å². The van der Waals surface area contributed by atoms with Crippen molar-refractivity contribution in [2.24, 2.45) is 5.73 Å². The summed E-state index contributed by atoms with van der Waals surface area (Å²) < 4.78 is 0. The molecule has 3 N–H and O–H groups in total. The first-order chi connectivity index (χ1) is 7.22. The van der Waals surface area contributed by atoms with Crippen molar-refractivity contribution in [3.63, 3.8) is 0 Å². The standard InChI is InChI=1S/C11H12N2OS/c1-7-11(15-6-13-7)10-4-9(14)3-2-8(10)5-12/h2-4,6,14H,5,12H2,1H3. The molecule has 0 atom stereocenters. The van der Waals surface area contributed by atoms with Crippen molar-refractivity contribution in [1.29, 1.82) is 0 Å². The fraction of sp³-hybridized carbons (Fsp3) is 0.182. The number of aromatic hydroxyl groups is 1. The predicted molar refractivity (Wildman–Crippen MR) is 61.8 cm³/mol. The zero-order valence-corrected chi connectivity index (χ0v) is 9.21. The van der Waals surface area contributed by atoms with E-state index in [-0.39, 0.29) is 5.75 Å². The Bertz CT molecular complexity index is 479. The number of nitrogens with zero attached hydrogens (tertiary/aromatic N) is 1. The van der Waals surface area contributed by atoms with Gasteiger partial charge in [0, 0.05) is 12.1 Å². The maximum atomic E-state index is 9.47. The molecule has 15 heavy (non-hydrogen) atoms. The van der Waals surface area contributed by atoms with Gasteiger partial charge in [-0.3, -0.25) is 0 Å². The molecule has 0 amide bonds. The Hall–Kier alpha value is -1.39. The molecule has 0 saturated heterocycles. The molecule has 4 heteroatoms. The van der Waals surface area contributed by atoms with Gasteiger partial charge in [-0.1, -0.05) is 6.07 Å².